The van der Waals surface area contributed by atoms with Crippen LogP contribution in [0.3, 0.4) is 0 Å². The Morgan fingerprint density at radius 2 is 2.31 bits per heavy atom. The van der Waals surface area contributed by atoms with Crippen LogP contribution in [0.5, 0.6) is 0 Å². The Kier molecular flexibility index (Phi) is 4.80. The molecule has 0 aliphatic carbocycles. The zero-order valence-corrected chi connectivity index (χ0v) is 10.4. The number of nitrogens with one attached hydrogen (secondary N) is 1. The number of halogens is 1. The van der Waals surface area contributed by atoms with E-state index in [0.717, 1.165) is 0 Å². The van der Waals surface area contributed by atoms with E-state index in [1.807, 2.05) is 0 Å². The molecule has 0 aliphatic rings. The lowest BCUT2D eigenvalue weighted by Crippen LogP contribution is -2.03. The van der Waals surface area contributed by atoms with E-state index in [2.05, 4.69) is 33.1 Å². The van der Waals surface area contributed by atoms with Crippen LogP contribution < -0.4 is 5.32 Å². The minimum atomic E-state index is -0.404. The fraction of sp³-hybridized carbons (Fsp3) is 0.273. The van der Waals surface area contributed by atoms with Gasteiger partial charge in [0, 0.05) is 23.5 Å². The molecule has 5 heteroatoms. The number of hydrogen-bond donors (Lipinski definition) is 1. The third kappa shape index (κ3) is 3.55. The summed E-state index contributed by atoms with van der Waals surface area (Å²) in [5.74, 6) is 5.66. The molecule has 0 saturated carbocycles. The summed E-state index contributed by atoms with van der Waals surface area (Å²) in [5, 5.41) is 13.8. The molecule has 1 N–H and O–H groups in total. The molecular formula is C11H11BrN2O2. The first-order chi connectivity index (χ1) is 7.65. The van der Waals surface area contributed by atoms with Gasteiger partial charge >= 0.3 is 0 Å². The smallest absolute Gasteiger partial charge is 0.293 e. The molecule has 4 nitrogen and oxygen atoms in total. The molecule has 1 aromatic carbocycles. The third-order valence-electron chi connectivity index (χ3n) is 1.90. The van der Waals surface area contributed by atoms with E-state index < -0.39 is 4.92 Å². The second-order valence-corrected chi connectivity index (χ2v) is 3.94. The highest BCUT2D eigenvalue weighted by Gasteiger charge is 2.13. The van der Waals surface area contributed by atoms with Crippen LogP contribution in [-0.2, 0) is 0 Å². The van der Waals surface area contributed by atoms with Crippen molar-refractivity contribution in [3.8, 4) is 11.8 Å². The van der Waals surface area contributed by atoms with Gasteiger partial charge in [-0.2, -0.15) is 0 Å². The molecule has 0 radical (unpaired) electrons. The van der Waals surface area contributed by atoms with Crippen LogP contribution in [0.15, 0.2) is 22.7 Å². The van der Waals surface area contributed by atoms with E-state index in [9.17, 15) is 10.1 Å². The minimum absolute atomic E-state index is 0.0684. The fourth-order valence-corrected chi connectivity index (χ4v) is 1.54. The van der Waals surface area contributed by atoms with Crippen molar-refractivity contribution in [3.05, 3.63) is 32.8 Å². The standard InChI is InChI=1S/C11H11BrN2O2/c1-2-3-4-7-13-10-6-5-9(12)8-11(10)14(15)16/h5-6,8,13H,4,7H2,1H3. The maximum absolute atomic E-state index is 10.8. The molecular weight excluding hydrogens is 272 g/mol. The van der Waals surface area contributed by atoms with Crippen LogP contribution in [0.2, 0.25) is 0 Å². The molecule has 84 valence electrons. The number of nitro groups is 1. The summed E-state index contributed by atoms with van der Waals surface area (Å²) in [6, 6.07) is 4.93. The van der Waals surface area contributed by atoms with Gasteiger partial charge in [0.15, 0.2) is 0 Å². The number of benzene rings is 1. The maximum atomic E-state index is 10.8. The average Bonchev–Trinajstić information content (AvgIpc) is 2.26. The van der Waals surface area contributed by atoms with Gasteiger partial charge in [0.2, 0.25) is 0 Å². The Morgan fingerprint density at radius 1 is 1.56 bits per heavy atom. The van der Waals surface area contributed by atoms with E-state index in [1.54, 1.807) is 19.1 Å². The molecule has 0 spiro atoms. The molecule has 0 amide bonds. The number of nitro benzene ring substituents is 1. The van der Waals surface area contributed by atoms with Crippen LogP contribution >= 0.6 is 15.9 Å². The normalized spacial score (nSPS) is 9.12. The van der Waals surface area contributed by atoms with Crippen LogP contribution in [0, 0.1) is 22.0 Å². The molecule has 0 fully saturated rings. The zero-order valence-electron chi connectivity index (χ0n) is 8.79. The van der Waals surface area contributed by atoms with Crippen molar-refractivity contribution in [2.45, 2.75) is 13.3 Å². The predicted octanol–water partition coefficient (Wildman–Crippen LogP) is 3.18. The van der Waals surface area contributed by atoms with Crippen LogP contribution in [0.1, 0.15) is 13.3 Å². The van der Waals surface area contributed by atoms with Crippen molar-refractivity contribution in [1.29, 1.82) is 0 Å². The van der Waals surface area contributed by atoms with Crippen LogP contribution in [0.25, 0.3) is 0 Å². The molecule has 0 bridgehead atoms. The van der Waals surface area contributed by atoms with Crippen molar-refractivity contribution in [2.24, 2.45) is 0 Å². The zero-order chi connectivity index (χ0) is 12.0. The molecule has 0 heterocycles. The van der Waals surface area contributed by atoms with Gasteiger partial charge < -0.3 is 5.32 Å². The lowest BCUT2D eigenvalue weighted by Gasteiger charge is -2.05. The molecule has 0 atom stereocenters. The molecule has 1 aromatic rings. The molecule has 0 unspecified atom stereocenters. The van der Waals surface area contributed by atoms with E-state index in [1.165, 1.54) is 6.07 Å². The Labute approximate surface area is 102 Å². The second kappa shape index (κ2) is 6.13. The first-order valence-corrected chi connectivity index (χ1v) is 5.52. The van der Waals surface area contributed by atoms with Crippen molar-refractivity contribution in [3.63, 3.8) is 0 Å². The molecule has 16 heavy (non-hydrogen) atoms. The van der Waals surface area contributed by atoms with Crippen molar-refractivity contribution in [2.75, 3.05) is 11.9 Å². The summed E-state index contributed by atoms with van der Waals surface area (Å²) in [4.78, 5) is 10.4. The Morgan fingerprint density at radius 3 is 2.94 bits per heavy atom. The SMILES string of the molecule is CC#CCCNc1ccc(Br)cc1[N+](=O)[O-]. The lowest BCUT2D eigenvalue weighted by atomic mass is 10.2. The first kappa shape index (κ1) is 12.5. The summed E-state index contributed by atoms with van der Waals surface area (Å²) < 4.78 is 0.693. The van der Waals surface area contributed by atoms with E-state index in [-0.39, 0.29) is 5.69 Å². The van der Waals surface area contributed by atoms with E-state index in [0.29, 0.717) is 23.1 Å². The second-order valence-electron chi connectivity index (χ2n) is 3.02. The largest absolute Gasteiger partial charge is 0.379 e. The fourth-order valence-electron chi connectivity index (χ4n) is 1.19. The van der Waals surface area contributed by atoms with Crippen LogP contribution in [0.4, 0.5) is 11.4 Å². The lowest BCUT2D eigenvalue weighted by molar-refractivity contribution is -0.384. The summed E-state index contributed by atoms with van der Waals surface area (Å²) in [7, 11) is 0. The highest BCUT2D eigenvalue weighted by molar-refractivity contribution is 9.10. The first-order valence-electron chi connectivity index (χ1n) is 4.72. The summed E-state index contributed by atoms with van der Waals surface area (Å²) >= 11 is 3.20. The van der Waals surface area contributed by atoms with Gasteiger partial charge in [0.25, 0.3) is 5.69 Å². The maximum Gasteiger partial charge on any atom is 0.293 e. The van der Waals surface area contributed by atoms with Crippen LogP contribution in [-0.4, -0.2) is 11.5 Å². The Bertz CT molecular complexity index is 449. The molecule has 1 rings (SSSR count). The summed E-state index contributed by atoms with van der Waals surface area (Å²) in [5.41, 5.74) is 0.588. The van der Waals surface area contributed by atoms with E-state index >= 15 is 0 Å². The van der Waals surface area contributed by atoms with Gasteiger partial charge in [-0.25, -0.2) is 0 Å². The molecule has 0 aliphatic heterocycles. The highest BCUT2D eigenvalue weighted by Crippen LogP contribution is 2.27. The van der Waals surface area contributed by atoms with Crippen molar-refractivity contribution < 1.29 is 4.92 Å². The monoisotopic (exact) mass is 282 g/mol. The van der Waals surface area contributed by atoms with Gasteiger partial charge in [-0.1, -0.05) is 15.9 Å². The quantitative estimate of drug-likeness (QED) is 0.399. The molecule has 0 saturated heterocycles. The third-order valence-corrected chi connectivity index (χ3v) is 2.39. The van der Waals surface area contributed by atoms with Gasteiger partial charge in [0.05, 0.1) is 4.92 Å². The highest BCUT2D eigenvalue weighted by atomic mass is 79.9. The van der Waals surface area contributed by atoms with Crippen molar-refractivity contribution in [1.82, 2.24) is 0 Å². The number of anilines is 1. The van der Waals surface area contributed by atoms with E-state index in [4.69, 9.17) is 0 Å². The van der Waals surface area contributed by atoms with Gasteiger partial charge in [0.1, 0.15) is 5.69 Å². The minimum Gasteiger partial charge on any atom is -0.379 e. The average molecular weight is 283 g/mol. The topological polar surface area (TPSA) is 55.2 Å². The van der Waals surface area contributed by atoms with Gasteiger partial charge in [-0.3, -0.25) is 10.1 Å². The predicted molar refractivity (Wildman–Crippen MR) is 67.4 cm³/mol. The number of hydrogen-bond acceptors (Lipinski definition) is 3. The Balaban J connectivity index is 2.77. The molecule has 0 aromatic heterocycles. The van der Waals surface area contributed by atoms with Gasteiger partial charge in [-0.05, 0) is 19.1 Å². The summed E-state index contributed by atoms with van der Waals surface area (Å²) in [6.45, 7) is 2.37. The number of nitrogens with zero attached hydrogens (tertiary/aromatic N) is 1. The van der Waals surface area contributed by atoms with Crippen molar-refractivity contribution >= 4 is 27.3 Å². The Hall–Kier alpha value is -1.54. The number of rotatable bonds is 4. The summed E-state index contributed by atoms with van der Waals surface area (Å²) in [6.07, 6.45) is 0.670. The van der Waals surface area contributed by atoms with Gasteiger partial charge in [-0.15, -0.1) is 11.8 Å².